The fraction of sp³-hybridized carbons (Fsp3) is 0.600. The molecule has 0 fully saturated rings. The number of benzene rings is 1. The second-order valence-electron chi connectivity index (χ2n) is 5.17. The van der Waals surface area contributed by atoms with Crippen molar-refractivity contribution in [3.63, 3.8) is 0 Å². The monoisotopic (exact) mass is 333 g/mol. The Morgan fingerprint density at radius 2 is 2.29 bits per heavy atom. The third kappa shape index (κ3) is 4.47. The Morgan fingerprint density at radius 1 is 1.48 bits per heavy atom. The van der Waals surface area contributed by atoms with Crippen molar-refractivity contribution >= 4 is 23.2 Å². The number of aliphatic hydroxyl groups excluding tert-OH is 1. The van der Waals surface area contributed by atoms with Gasteiger partial charge in [-0.05, 0) is 31.9 Å². The van der Waals surface area contributed by atoms with Gasteiger partial charge in [-0.1, -0.05) is 29.3 Å². The lowest BCUT2D eigenvalue weighted by Crippen LogP contribution is -2.26. The number of halogens is 2. The van der Waals surface area contributed by atoms with Gasteiger partial charge in [-0.25, -0.2) is 0 Å². The van der Waals surface area contributed by atoms with E-state index in [9.17, 15) is 5.11 Å². The van der Waals surface area contributed by atoms with Gasteiger partial charge in [0.05, 0.1) is 24.3 Å². The standard InChI is InChI=1S/C15H21Cl2NO3/c1-20-9-10(19)6-7-18-13-3-2-8-21-15-11(13)4-5-12(16)14(15)17/h4-5,10,13,18-19H,2-3,6-9H2,1H3. The lowest BCUT2D eigenvalue weighted by molar-refractivity contribution is 0.0589. The summed E-state index contributed by atoms with van der Waals surface area (Å²) in [6.45, 7) is 1.69. The van der Waals surface area contributed by atoms with Crippen LogP contribution in [0.5, 0.6) is 5.75 Å². The van der Waals surface area contributed by atoms with Gasteiger partial charge in [-0.2, -0.15) is 0 Å². The first-order valence-electron chi connectivity index (χ1n) is 7.14. The summed E-state index contributed by atoms with van der Waals surface area (Å²) in [6, 6.07) is 3.91. The van der Waals surface area contributed by atoms with Crippen LogP contribution in [0.2, 0.25) is 10.0 Å². The van der Waals surface area contributed by atoms with E-state index in [1.165, 1.54) is 0 Å². The maximum Gasteiger partial charge on any atom is 0.144 e. The van der Waals surface area contributed by atoms with Crippen LogP contribution >= 0.6 is 23.2 Å². The lowest BCUT2D eigenvalue weighted by Gasteiger charge is -2.20. The summed E-state index contributed by atoms with van der Waals surface area (Å²) in [5, 5.41) is 14.1. The Balaban J connectivity index is 2.03. The highest BCUT2D eigenvalue weighted by Gasteiger charge is 2.22. The molecule has 0 amide bonds. The summed E-state index contributed by atoms with van der Waals surface area (Å²) in [5.41, 5.74) is 1.03. The molecule has 1 heterocycles. The zero-order valence-electron chi connectivity index (χ0n) is 12.1. The average molecular weight is 334 g/mol. The van der Waals surface area contributed by atoms with E-state index in [0.29, 0.717) is 42.0 Å². The summed E-state index contributed by atoms with van der Waals surface area (Å²) in [6.07, 6.45) is 2.10. The highest BCUT2D eigenvalue weighted by atomic mass is 35.5. The second kappa shape index (κ2) is 8.20. The van der Waals surface area contributed by atoms with Gasteiger partial charge in [0.2, 0.25) is 0 Å². The number of fused-ring (bicyclic) bond motifs is 1. The van der Waals surface area contributed by atoms with Crippen LogP contribution in [0.3, 0.4) is 0 Å². The van der Waals surface area contributed by atoms with Crippen molar-refractivity contribution in [1.29, 1.82) is 0 Å². The molecule has 0 saturated heterocycles. The first-order chi connectivity index (χ1) is 10.1. The maximum atomic E-state index is 9.68. The summed E-state index contributed by atoms with van der Waals surface area (Å²) in [5.74, 6) is 0.677. The van der Waals surface area contributed by atoms with Crippen LogP contribution in [-0.4, -0.2) is 38.1 Å². The molecule has 0 spiro atoms. The molecule has 0 radical (unpaired) electrons. The molecule has 0 aromatic heterocycles. The molecule has 1 aromatic carbocycles. The molecule has 2 unspecified atom stereocenters. The Bertz CT molecular complexity index is 470. The predicted octanol–water partition coefficient (Wildman–Crippen LogP) is 3.19. The quantitative estimate of drug-likeness (QED) is 0.839. The highest BCUT2D eigenvalue weighted by molar-refractivity contribution is 6.43. The fourth-order valence-electron chi connectivity index (χ4n) is 2.50. The van der Waals surface area contributed by atoms with Crippen molar-refractivity contribution in [3.8, 4) is 5.75 Å². The minimum Gasteiger partial charge on any atom is -0.492 e. The molecule has 118 valence electrons. The molecule has 1 aliphatic rings. The Kier molecular flexibility index (Phi) is 6.58. The summed E-state index contributed by atoms with van der Waals surface area (Å²) in [4.78, 5) is 0. The largest absolute Gasteiger partial charge is 0.492 e. The molecule has 2 rings (SSSR count). The number of methoxy groups -OCH3 is 1. The van der Waals surface area contributed by atoms with E-state index in [1.54, 1.807) is 13.2 Å². The first-order valence-corrected chi connectivity index (χ1v) is 7.90. The molecule has 6 heteroatoms. The molecule has 21 heavy (non-hydrogen) atoms. The van der Waals surface area contributed by atoms with E-state index in [0.717, 1.165) is 18.4 Å². The molecule has 0 aliphatic carbocycles. The molecule has 1 aliphatic heterocycles. The van der Waals surface area contributed by atoms with Crippen LogP contribution in [0.25, 0.3) is 0 Å². The van der Waals surface area contributed by atoms with Gasteiger partial charge in [0.1, 0.15) is 10.8 Å². The van der Waals surface area contributed by atoms with E-state index < -0.39 is 6.10 Å². The fourth-order valence-corrected chi connectivity index (χ4v) is 2.87. The van der Waals surface area contributed by atoms with E-state index >= 15 is 0 Å². The van der Waals surface area contributed by atoms with Crippen molar-refractivity contribution in [2.75, 3.05) is 26.9 Å². The average Bonchev–Trinajstić information content (AvgIpc) is 2.66. The van der Waals surface area contributed by atoms with E-state index in [4.69, 9.17) is 32.7 Å². The second-order valence-corrected chi connectivity index (χ2v) is 5.96. The SMILES string of the molecule is COCC(O)CCNC1CCCOc2c1ccc(Cl)c2Cl. The van der Waals surface area contributed by atoms with E-state index in [-0.39, 0.29) is 6.04 Å². The summed E-state index contributed by atoms with van der Waals surface area (Å²) >= 11 is 12.3. The smallest absolute Gasteiger partial charge is 0.144 e. The van der Waals surface area contributed by atoms with Gasteiger partial charge in [0.25, 0.3) is 0 Å². The zero-order chi connectivity index (χ0) is 15.2. The normalized spacial score (nSPS) is 19.5. The number of aliphatic hydroxyl groups is 1. The van der Waals surface area contributed by atoms with Gasteiger partial charge >= 0.3 is 0 Å². The molecule has 0 saturated carbocycles. The first kappa shape index (κ1) is 16.8. The summed E-state index contributed by atoms with van der Waals surface area (Å²) < 4.78 is 10.7. The topological polar surface area (TPSA) is 50.7 Å². The predicted molar refractivity (Wildman–Crippen MR) is 84.4 cm³/mol. The third-order valence-corrected chi connectivity index (χ3v) is 4.35. The van der Waals surface area contributed by atoms with Gasteiger partial charge in [-0.3, -0.25) is 0 Å². The van der Waals surface area contributed by atoms with Crippen LogP contribution in [0.15, 0.2) is 12.1 Å². The van der Waals surface area contributed by atoms with Crippen molar-refractivity contribution in [2.45, 2.75) is 31.4 Å². The maximum absolute atomic E-state index is 9.68. The van der Waals surface area contributed by atoms with Crippen molar-refractivity contribution in [2.24, 2.45) is 0 Å². The van der Waals surface area contributed by atoms with Crippen LogP contribution in [0.1, 0.15) is 30.9 Å². The van der Waals surface area contributed by atoms with Crippen molar-refractivity contribution in [3.05, 3.63) is 27.7 Å². The Morgan fingerprint density at radius 3 is 3.05 bits per heavy atom. The highest BCUT2D eigenvalue weighted by Crippen LogP contribution is 2.40. The molecule has 2 N–H and O–H groups in total. The molecule has 1 aromatic rings. The van der Waals surface area contributed by atoms with Gasteiger partial charge in [0.15, 0.2) is 0 Å². The minimum atomic E-state index is -0.446. The van der Waals surface area contributed by atoms with Gasteiger partial charge in [0, 0.05) is 18.7 Å². The van der Waals surface area contributed by atoms with Crippen molar-refractivity contribution in [1.82, 2.24) is 5.32 Å². The van der Waals surface area contributed by atoms with Crippen LogP contribution < -0.4 is 10.1 Å². The van der Waals surface area contributed by atoms with Crippen molar-refractivity contribution < 1.29 is 14.6 Å². The third-order valence-electron chi connectivity index (χ3n) is 3.57. The van der Waals surface area contributed by atoms with Crippen LogP contribution in [-0.2, 0) is 4.74 Å². The number of nitrogens with one attached hydrogen (secondary N) is 1. The molecular formula is C15H21Cl2NO3. The Hall–Kier alpha value is -0.520. The van der Waals surface area contributed by atoms with Crippen LogP contribution in [0.4, 0.5) is 0 Å². The Labute approximate surface area is 135 Å². The molecule has 0 bridgehead atoms. The number of hydrogen-bond acceptors (Lipinski definition) is 4. The minimum absolute atomic E-state index is 0.159. The number of ether oxygens (including phenoxy) is 2. The number of hydrogen-bond donors (Lipinski definition) is 2. The summed E-state index contributed by atoms with van der Waals surface area (Å²) in [7, 11) is 1.58. The van der Waals surface area contributed by atoms with Gasteiger partial charge in [-0.15, -0.1) is 0 Å². The molecule has 4 nitrogen and oxygen atoms in total. The molecular weight excluding hydrogens is 313 g/mol. The van der Waals surface area contributed by atoms with Crippen LogP contribution in [0, 0.1) is 0 Å². The zero-order valence-corrected chi connectivity index (χ0v) is 13.6. The molecule has 2 atom stereocenters. The van der Waals surface area contributed by atoms with Gasteiger partial charge < -0.3 is 19.9 Å². The van der Waals surface area contributed by atoms with E-state index in [1.807, 2.05) is 6.07 Å². The van der Waals surface area contributed by atoms with E-state index in [2.05, 4.69) is 5.32 Å². The lowest BCUT2D eigenvalue weighted by atomic mass is 10.0. The number of rotatable bonds is 6.